The summed E-state index contributed by atoms with van der Waals surface area (Å²) in [7, 11) is 0. The van der Waals surface area contributed by atoms with Gasteiger partial charge in [0.15, 0.2) is 11.5 Å². The van der Waals surface area contributed by atoms with E-state index in [4.69, 9.17) is 9.47 Å². The standard InChI is InChI=1S/C25H40F2O2/c1-3-5-7-8-10-18-28-22-16-17-23(25(27)24(22)26)29-19-21-14-12-20(13-15-21)11-9-6-4-2/h16-17,20-21H,3-15,18-19H2,1-2H3. The Morgan fingerprint density at radius 2 is 1.28 bits per heavy atom. The van der Waals surface area contributed by atoms with Gasteiger partial charge in [0.1, 0.15) is 0 Å². The summed E-state index contributed by atoms with van der Waals surface area (Å²) in [5.74, 6) is -0.595. The van der Waals surface area contributed by atoms with Gasteiger partial charge in [0.2, 0.25) is 11.6 Å². The summed E-state index contributed by atoms with van der Waals surface area (Å²) in [6, 6.07) is 2.99. The highest BCUT2D eigenvalue weighted by molar-refractivity contribution is 5.35. The number of ether oxygens (including phenoxy) is 2. The van der Waals surface area contributed by atoms with Gasteiger partial charge in [-0.05, 0) is 43.2 Å². The van der Waals surface area contributed by atoms with Gasteiger partial charge in [0, 0.05) is 0 Å². The van der Waals surface area contributed by atoms with Gasteiger partial charge in [-0.3, -0.25) is 0 Å². The van der Waals surface area contributed by atoms with Crippen LogP contribution in [0, 0.1) is 23.5 Å². The largest absolute Gasteiger partial charge is 0.490 e. The van der Waals surface area contributed by atoms with Gasteiger partial charge in [0.05, 0.1) is 13.2 Å². The third-order valence-electron chi connectivity index (χ3n) is 6.17. The van der Waals surface area contributed by atoms with Crippen molar-refractivity contribution in [3.8, 4) is 11.5 Å². The lowest BCUT2D eigenvalue weighted by atomic mass is 9.80. The first-order chi connectivity index (χ1) is 14.2. The van der Waals surface area contributed by atoms with Crippen molar-refractivity contribution in [1.82, 2.24) is 0 Å². The van der Waals surface area contributed by atoms with E-state index in [9.17, 15) is 8.78 Å². The molecule has 0 aromatic heterocycles. The van der Waals surface area contributed by atoms with Crippen LogP contribution in [0.25, 0.3) is 0 Å². The van der Waals surface area contributed by atoms with Gasteiger partial charge < -0.3 is 9.47 Å². The zero-order valence-corrected chi connectivity index (χ0v) is 18.5. The normalized spacial score (nSPS) is 19.3. The van der Waals surface area contributed by atoms with E-state index >= 15 is 0 Å². The summed E-state index contributed by atoms with van der Waals surface area (Å²) >= 11 is 0. The Morgan fingerprint density at radius 1 is 0.724 bits per heavy atom. The smallest absolute Gasteiger partial charge is 0.204 e. The Kier molecular flexibility index (Phi) is 11.4. The van der Waals surface area contributed by atoms with Crippen LogP contribution in [0.1, 0.15) is 97.3 Å². The number of hydrogen-bond acceptors (Lipinski definition) is 2. The van der Waals surface area contributed by atoms with Crippen LogP contribution in [0.5, 0.6) is 11.5 Å². The third kappa shape index (κ3) is 8.52. The van der Waals surface area contributed by atoms with Crippen LogP contribution >= 0.6 is 0 Å². The first kappa shape index (κ1) is 24.0. The molecule has 1 fully saturated rings. The van der Waals surface area contributed by atoms with Gasteiger partial charge in [-0.2, -0.15) is 8.78 Å². The zero-order valence-electron chi connectivity index (χ0n) is 18.5. The molecule has 0 radical (unpaired) electrons. The van der Waals surface area contributed by atoms with E-state index in [0.29, 0.717) is 19.1 Å². The molecule has 1 aliphatic rings. The van der Waals surface area contributed by atoms with Crippen molar-refractivity contribution in [1.29, 1.82) is 0 Å². The molecule has 1 aliphatic carbocycles. The summed E-state index contributed by atoms with van der Waals surface area (Å²) < 4.78 is 39.7. The van der Waals surface area contributed by atoms with Crippen LogP contribution in [0.2, 0.25) is 0 Å². The Bertz CT molecular complexity index is 568. The molecule has 4 heteroatoms. The highest BCUT2D eigenvalue weighted by Gasteiger charge is 2.22. The Balaban J connectivity index is 1.71. The molecular formula is C25H40F2O2. The van der Waals surface area contributed by atoms with E-state index in [1.165, 1.54) is 63.5 Å². The van der Waals surface area contributed by atoms with E-state index in [1.807, 2.05) is 0 Å². The van der Waals surface area contributed by atoms with Crippen LogP contribution in [0.15, 0.2) is 12.1 Å². The molecule has 1 aromatic rings. The molecule has 0 atom stereocenters. The summed E-state index contributed by atoms with van der Waals surface area (Å²) in [6.45, 7) is 5.29. The highest BCUT2D eigenvalue weighted by atomic mass is 19.2. The molecule has 0 unspecified atom stereocenters. The molecular weight excluding hydrogens is 370 g/mol. The summed E-state index contributed by atoms with van der Waals surface area (Å²) in [4.78, 5) is 0. The molecule has 0 aliphatic heterocycles. The van der Waals surface area contributed by atoms with Crippen molar-refractivity contribution in [3.63, 3.8) is 0 Å². The predicted molar refractivity (Wildman–Crippen MR) is 116 cm³/mol. The third-order valence-corrected chi connectivity index (χ3v) is 6.17. The molecule has 2 rings (SSSR count). The molecule has 0 saturated heterocycles. The lowest BCUT2D eigenvalue weighted by Crippen LogP contribution is -2.20. The SMILES string of the molecule is CCCCCCCOc1ccc(OCC2CCC(CCCCC)CC2)c(F)c1F. The Morgan fingerprint density at radius 3 is 1.93 bits per heavy atom. The van der Waals surface area contributed by atoms with Crippen molar-refractivity contribution < 1.29 is 18.3 Å². The molecule has 166 valence electrons. The number of benzene rings is 1. The van der Waals surface area contributed by atoms with Gasteiger partial charge in [-0.15, -0.1) is 0 Å². The van der Waals surface area contributed by atoms with Crippen LogP contribution in [0.3, 0.4) is 0 Å². The average Bonchev–Trinajstić information content (AvgIpc) is 2.74. The van der Waals surface area contributed by atoms with Gasteiger partial charge in [0.25, 0.3) is 0 Å². The summed E-state index contributed by atoms with van der Waals surface area (Å²) in [5, 5.41) is 0. The molecule has 0 spiro atoms. The van der Waals surface area contributed by atoms with E-state index in [-0.39, 0.29) is 11.5 Å². The second kappa shape index (κ2) is 13.8. The fourth-order valence-corrected chi connectivity index (χ4v) is 4.20. The van der Waals surface area contributed by atoms with Crippen molar-refractivity contribution in [3.05, 3.63) is 23.8 Å². The van der Waals surface area contributed by atoms with Crippen molar-refractivity contribution in [2.24, 2.45) is 11.8 Å². The van der Waals surface area contributed by atoms with Gasteiger partial charge >= 0.3 is 0 Å². The van der Waals surface area contributed by atoms with Gasteiger partial charge in [-0.25, -0.2) is 0 Å². The minimum atomic E-state index is -0.935. The Labute approximate surface area is 176 Å². The first-order valence-electron chi connectivity index (χ1n) is 11.9. The molecule has 1 saturated carbocycles. The second-order valence-corrected chi connectivity index (χ2v) is 8.65. The van der Waals surface area contributed by atoms with Gasteiger partial charge in [-0.1, -0.05) is 78.1 Å². The number of hydrogen-bond donors (Lipinski definition) is 0. The Hall–Kier alpha value is -1.32. The summed E-state index contributed by atoms with van der Waals surface area (Å²) in [6.07, 6.45) is 15.4. The maximum atomic E-state index is 14.3. The second-order valence-electron chi connectivity index (χ2n) is 8.65. The number of rotatable bonds is 14. The molecule has 2 nitrogen and oxygen atoms in total. The lowest BCUT2D eigenvalue weighted by Gasteiger charge is -2.28. The molecule has 1 aromatic carbocycles. The molecule has 0 bridgehead atoms. The maximum absolute atomic E-state index is 14.3. The minimum absolute atomic E-state index is 0.00265. The van der Waals surface area contributed by atoms with Crippen LogP contribution < -0.4 is 9.47 Å². The monoisotopic (exact) mass is 410 g/mol. The summed E-state index contributed by atoms with van der Waals surface area (Å²) in [5.41, 5.74) is 0. The van der Waals surface area contributed by atoms with Crippen molar-refractivity contribution in [2.45, 2.75) is 97.3 Å². The van der Waals surface area contributed by atoms with Crippen molar-refractivity contribution in [2.75, 3.05) is 13.2 Å². The quantitative estimate of drug-likeness (QED) is 0.289. The lowest BCUT2D eigenvalue weighted by molar-refractivity contribution is 0.172. The minimum Gasteiger partial charge on any atom is -0.490 e. The van der Waals surface area contributed by atoms with E-state index in [2.05, 4.69) is 13.8 Å². The molecule has 29 heavy (non-hydrogen) atoms. The fourth-order valence-electron chi connectivity index (χ4n) is 4.20. The van der Waals surface area contributed by atoms with E-state index in [0.717, 1.165) is 38.0 Å². The first-order valence-corrected chi connectivity index (χ1v) is 11.9. The topological polar surface area (TPSA) is 18.5 Å². The molecule has 0 heterocycles. The highest BCUT2D eigenvalue weighted by Crippen LogP contribution is 2.33. The number of halogens is 2. The van der Waals surface area contributed by atoms with E-state index < -0.39 is 11.6 Å². The predicted octanol–water partition coefficient (Wildman–Crippen LogP) is 8.08. The van der Waals surface area contributed by atoms with Crippen LogP contribution in [0.4, 0.5) is 8.78 Å². The van der Waals surface area contributed by atoms with E-state index in [1.54, 1.807) is 0 Å². The maximum Gasteiger partial charge on any atom is 0.204 e. The van der Waals surface area contributed by atoms with Crippen LogP contribution in [-0.2, 0) is 0 Å². The van der Waals surface area contributed by atoms with Crippen LogP contribution in [-0.4, -0.2) is 13.2 Å². The zero-order chi connectivity index (χ0) is 20.9. The molecule has 0 N–H and O–H groups in total. The fraction of sp³-hybridized carbons (Fsp3) is 0.760. The average molecular weight is 411 g/mol. The molecule has 0 amide bonds. The van der Waals surface area contributed by atoms with Crippen molar-refractivity contribution >= 4 is 0 Å². The number of unbranched alkanes of at least 4 members (excludes halogenated alkanes) is 6.